The standard InChI is InChI=1S/C20H34O3Si/c1-5-6-7-8-9-10-11-12-17-22-23-20(21)18-13-15-19(16-14-18)24(2,3)4/h13-16H,5-12,17H2,1-4H3. The van der Waals surface area contributed by atoms with Crippen LogP contribution < -0.4 is 5.19 Å². The van der Waals surface area contributed by atoms with Crippen LogP contribution in [-0.2, 0) is 9.78 Å². The fraction of sp³-hybridized carbons (Fsp3) is 0.650. The van der Waals surface area contributed by atoms with Crippen LogP contribution in [0, 0.1) is 0 Å². The van der Waals surface area contributed by atoms with E-state index in [9.17, 15) is 4.79 Å². The highest BCUT2D eigenvalue weighted by Gasteiger charge is 2.17. The van der Waals surface area contributed by atoms with Gasteiger partial charge in [0.1, 0.15) is 0 Å². The van der Waals surface area contributed by atoms with Gasteiger partial charge in [-0.05, 0) is 18.6 Å². The van der Waals surface area contributed by atoms with E-state index in [1.165, 1.54) is 43.7 Å². The van der Waals surface area contributed by atoms with E-state index in [1.807, 2.05) is 24.3 Å². The van der Waals surface area contributed by atoms with Gasteiger partial charge < -0.3 is 0 Å². The Balaban J connectivity index is 2.12. The predicted octanol–water partition coefficient (Wildman–Crippen LogP) is 5.46. The highest BCUT2D eigenvalue weighted by Crippen LogP contribution is 2.09. The zero-order valence-electron chi connectivity index (χ0n) is 15.9. The van der Waals surface area contributed by atoms with Gasteiger partial charge in [-0.3, -0.25) is 4.89 Å². The lowest BCUT2D eigenvalue weighted by Gasteiger charge is -2.16. The van der Waals surface area contributed by atoms with Gasteiger partial charge in [-0.15, -0.1) is 0 Å². The second-order valence-electron chi connectivity index (χ2n) is 7.49. The SMILES string of the molecule is CCCCCCCCCCOOC(=O)c1ccc([Si](C)(C)C)cc1. The van der Waals surface area contributed by atoms with Crippen LogP contribution in [0.3, 0.4) is 0 Å². The Hall–Kier alpha value is -1.13. The zero-order valence-corrected chi connectivity index (χ0v) is 16.9. The lowest BCUT2D eigenvalue weighted by atomic mass is 10.1. The van der Waals surface area contributed by atoms with Crippen molar-refractivity contribution in [2.45, 2.75) is 77.9 Å². The number of benzene rings is 1. The molecule has 0 saturated carbocycles. The molecular weight excluding hydrogens is 316 g/mol. The number of hydrogen-bond donors (Lipinski definition) is 0. The van der Waals surface area contributed by atoms with Crippen molar-refractivity contribution in [2.24, 2.45) is 0 Å². The third-order valence-electron chi connectivity index (χ3n) is 4.20. The topological polar surface area (TPSA) is 35.5 Å². The quantitative estimate of drug-likeness (QED) is 0.217. The van der Waals surface area contributed by atoms with Crippen molar-refractivity contribution < 1.29 is 14.6 Å². The summed E-state index contributed by atoms with van der Waals surface area (Å²) in [5.74, 6) is -0.406. The molecule has 4 heteroatoms. The highest BCUT2D eigenvalue weighted by atomic mass is 28.3. The van der Waals surface area contributed by atoms with Gasteiger partial charge in [0.05, 0.1) is 20.2 Å². The van der Waals surface area contributed by atoms with Gasteiger partial charge in [-0.2, -0.15) is 4.89 Å². The Labute approximate surface area is 148 Å². The normalized spacial score (nSPS) is 11.5. The first-order valence-electron chi connectivity index (χ1n) is 9.39. The molecule has 0 radical (unpaired) electrons. The van der Waals surface area contributed by atoms with E-state index in [1.54, 1.807) is 0 Å². The van der Waals surface area contributed by atoms with Crippen molar-refractivity contribution in [1.29, 1.82) is 0 Å². The molecule has 0 fully saturated rings. The van der Waals surface area contributed by atoms with Gasteiger partial charge >= 0.3 is 5.97 Å². The first-order chi connectivity index (χ1) is 11.4. The van der Waals surface area contributed by atoms with Crippen LogP contribution in [0.25, 0.3) is 0 Å². The number of rotatable bonds is 12. The van der Waals surface area contributed by atoms with Crippen molar-refractivity contribution in [2.75, 3.05) is 6.61 Å². The van der Waals surface area contributed by atoms with Gasteiger partial charge in [0.2, 0.25) is 0 Å². The van der Waals surface area contributed by atoms with E-state index in [0.717, 1.165) is 12.8 Å². The van der Waals surface area contributed by atoms with E-state index in [2.05, 4.69) is 26.6 Å². The average molecular weight is 351 g/mol. The largest absolute Gasteiger partial charge is 0.373 e. The molecule has 0 aliphatic heterocycles. The van der Waals surface area contributed by atoms with Crippen molar-refractivity contribution in [3.63, 3.8) is 0 Å². The molecule has 0 amide bonds. The summed E-state index contributed by atoms with van der Waals surface area (Å²) in [4.78, 5) is 21.8. The van der Waals surface area contributed by atoms with Gasteiger partial charge in [0, 0.05) is 0 Å². The van der Waals surface area contributed by atoms with Gasteiger partial charge in [-0.25, -0.2) is 4.79 Å². The Bertz CT molecular complexity index is 463. The van der Waals surface area contributed by atoms with Crippen molar-refractivity contribution in [3.8, 4) is 0 Å². The highest BCUT2D eigenvalue weighted by molar-refractivity contribution is 6.88. The van der Waals surface area contributed by atoms with Crippen LogP contribution in [0.1, 0.15) is 68.6 Å². The summed E-state index contributed by atoms with van der Waals surface area (Å²) >= 11 is 0. The zero-order chi connectivity index (χ0) is 17.8. The first kappa shape index (κ1) is 20.9. The smallest absolute Gasteiger partial charge is 0.293 e. The molecule has 1 aromatic carbocycles. The maximum atomic E-state index is 11.9. The molecule has 24 heavy (non-hydrogen) atoms. The summed E-state index contributed by atoms with van der Waals surface area (Å²) in [5.41, 5.74) is 0.549. The molecule has 1 rings (SSSR count). The minimum Gasteiger partial charge on any atom is -0.293 e. The summed E-state index contributed by atoms with van der Waals surface area (Å²) in [6.45, 7) is 9.57. The minimum atomic E-state index is -1.33. The van der Waals surface area contributed by atoms with Crippen LogP contribution in [0.15, 0.2) is 24.3 Å². The Morgan fingerprint density at radius 1 is 0.875 bits per heavy atom. The predicted molar refractivity (Wildman–Crippen MR) is 103 cm³/mol. The molecule has 136 valence electrons. The molecule has 0 bridgehead atoms. The lowest BCUT2D eigenvalue weighted by molar-refractivity contribution is -0.241. The molecule has 0 unspecified atom stereocenters. The fourth-order valence-electron chi connectivity index (χ4n) is 2.54. The number of carbonyl (C=O) groups excluding carboxylic acids is 1. The van der Waals surface area contributed by atoms with Crippen molar-refractivity contribution in [3.05, 3.63) is 29.8 Å². The third kappa shape index (κ3) is 8.64. The Morgan fingerprint density at radius 2 is 1.42 bits per heavy atom. The maximum absolute atomic E-state index is 11.9. The molecule has 0 heterocycles. The molecule has 0 saturated heterocycles. The minimum absolute atomic E-state index is 0.406. The summed E-state index contributed by atoms with van der Waals surface area (Å²) in [7, 11) is -1.33. The van der Waals surface area contributed by atoms with E-state index in [-0.39, 0.29) is 0 Å². The van der Waals surface area contributed by atoms with Gasteiger partial charge in [-0.1, -0.05) is 88.8 Å². The third-order valence-corrected chi connectivity index (χ3v) is 6.27. The first-order valence-corrected chi connectivity index (χ1v) is 12.9. The average Bonchev–Trinajstić information content (AvgIpc) is 2.55. The van der Waals surface area contributed by atoms with Crippen molar-refractivity contribution in [1.82, 2.24) is 0 Å². The fourth-order valence-corrected chi connectivity index (χ4v) is 3.71. The summed E-state index contributed by atoms with van der Waals surface area (Å²) in [5, 5.41) is 1.33. The summed E-state index contributed by atoms with van der Waals surface area (Å²) in [6, 6.07) is 7.72. The molecule has 0 aliphatic carbocycles. The van der Waals surface area contributed by atoms with Crippen molar-refractivity contribution >= 4 is 19.2 Å². The Kier molecular flexibility index (Phi) is 9.96. The maximum Gasteiger partial charge on any atom is 0.373 e. The van der Waals surface area contributed by atoms with E-state index >= 15 is 0 Å². The molecule has 0 spiro atoms. The van der Waals surface area contributed by atoms with Crippen LogP contribution in [0.4, 0.5) is 0 Å². The molecule has 0 atom stereocenters. The van der Waals surface area contributed by atoms with Crippen LogP contribution in [0.2, 0.25) is 19.6 Å². The van der Waals surface area contributed by atoms with E-state index < -0.39 is 14.0 Å². The molecule has 0 aliphatic rings. The summed E-state index contributed by atoms with van der Waals surface area (Å²) < 4.78 is 0. The monoisotopic (exact) mass is 350 g/mol. The Morgan fingerprint density at radius 3 is 1.96 bits per heavy atom. The number of hydrogen-bond acceptors (Lipinski definition) is 3. The summed E-state index contributed by atoms with van der Waals surface area (Å²) in [6.07, 6.45) is 9.92. The molecule has 0 aromatic heterocycles. The van der Waals surface area contributed by atoms with Crippen LogP contribution in [0.5, 0.6) is 0 Å². The van der Waals surface area contributed by atoms with E-state index in [0.29, 0.717) is 12.2 Å². The lowest BCUT2D eigenvalue weighted by Crippen LogP contribution is -2.37. The molecular formula is C20H34O3Si. The van der Waals surface area contributed by atoms with E-state index in [4.69, 9.17) is 9.78 Å². The molecule has 3 nitrogen and oxygen atoms in total. The second kappa shape index (κ2) is 11.4. The number of unbranched alkanes of at least 4 members (excludes halogenated alkanes) is 7. The second-order valence-corrected chi connectivity index (χ2v) is 12.6. The molecule has 0 N–H and O–H groups in total. The van der Waals surface area contributed by atoms with Crippen LogP contribution in [-0.4, -0.2) is 20.7 Å². The van der Waals surface area contributed by atoms with Gasteiger partial charge in [0.15, 0.2) is 0 Å². The van der Waals surface area contributed by atoms with Gasteiger partial charge in [0.25, 0.3) is 0 Å². The molecule has 1 aromatic rings. The van der Waals surface area contributed by atoms with Crippen LogP contribution >= 0.6 is 0 Å². The number of carbonyl (C=O) groups is 1.